The number of allylic oxidation sites excluding steroid dienone is 1. The molecule has 3 aromatic rings. The van der Waals surface area contributed by atoms with Crippen LogP contribution in [0.25, 0.3) is 11.4 Å². The van der Waals surface area contributed by atoms with Crippen molar-refractivity contribution in [2.75, 3.05) is 12.4 Å². The molecule has 0 aliphatic carbocycles. The van der Waals surface area contributed by atoms with Crippen LogP contribution in [0.1, 0.15) is 12.0 Å². The molecule has 0 atom stereocenters. The van der Waals surface area contributed by atoms with Crippen molar-refractivity contribution in [3.8, 4) is 23.2 Å². The molecule has 6 nitrogen and oxygen atoms in total. The zero-order valence-corrected chi connectivity index (χ0v) is 15.6. The number of thioether (sulfide) groups is 1. The SMILES string of the molecule is C=CCn1c(SCCCOc2ccc(C#N)cc2)nnc1-c1ccncc1. The van der Waals surface area contributed by atoms with Gasteiger partial charge in [0.15, 0.2) is 11.0 Å². The largest absolute Gasteiger partial charge is 0.494 e. The van der Waals surface area contributed by atoms with Gasteiger partial charge in [-0.05, 0) is 42.8 Å². The second-order valence-electron chi connectivity index (χ2n) is 5.63. The van der Waals surface area contributed by atoms with E-state index in [0.717, 1.165) is 34.5 Å². The van der Waals surface area contributed by atoms with Crippen LogP contribution in [0.2, 0.25) is 0 Å². The summed E-state index contributed by atoms with van der Waals surface area (Å²) in [7, 11) is 0. The van der Waals surface area contributed by atoms with Gasteiger partial charge in [0.2, 0.25) is 0 Å². The Hall–Kier alpha value is -3.11. The zero-order valence-electron chi connectivity index (χ0n) is 14.8. The van der Waals surface area contributed by atoms with Gasteiger partial charge < -0.3 is 4.74 Å². The van der Waals surface area contributed by atoms with E-state index in [2.05, 4.69) is 32.4 Å². The van der Waals surface area contributed by atoms with Crippen LogP contribution < -0.4 is 4.74 Å². The number of benzene rings is 1. The Bertz CT molecular complexity index is 916. The average Bonchev–Trinajstić information content (AvgIpc) is 3.12. The molecule has 2 heterocycles. The van der Waals surface area contributed by atoms with E-state index < -0.39 is 0 Å². The van der Waals surface area contributed by atoms with Crippen molar-refractivity contribution in [3.05, 3.63) is 67.0 Å². The lowest BCUT2D eigenvalue weighted by atomic mass is 10.2. The Morgan fingerprint density at radius 1 is 1.15 bits per heavy atom. The highest BCUT2D eigenvalue weighted by atomic mass is 32.2. The highest BCUT2D eigenvalue weighted by molar-refractivity contribution is 7.99. The number of hydrogen-bond donors (Lipinski definition) is 0. The summed E-state index contributed by atoms with van der Waals surface area (Å²) >= 11 is 1.65. The number of nitrogens with zero attached hydrogens (tertiary/aromatic N) is 5. The summed E-state index contributed by atoms with van der Waals surface area (Å²) in [5.41, 5.74) is 1.61. The van der Waals surface area contributed by atoms with E-state index >= 15 is 0 Å². The van der Waals surface area contributed by atoms with Gasteiger partial charge in [-0.2, -0.15) is 5.26 Å². The molecule has 1 aromatic carbocycles. The van der Waals surface area contributed by atoms with Crippen LogP contribution in [0, 0.1) is 11.3 Å². The van der Waals surface area contributed by atoms with Gasteiger partial charge in [-0.25, -0.2) is 0 Å². The molecular weight excluding hydrogens is 358 g/mol. The lowest BCUT2D eigenvalue weighted by Gasteiger charge is -2.08. The molecule has 136 valence electrons. The monoisotopic (exact) mass is 377 g/mol. The van der Waals surface area contributed by atoms with Gasteiger partial charge in [-0.1, -0.05) is 17.8 Å². The van der Waals surface area contributed by atoms with Gasteiger partial charge in [0.05, 0.1) is 18.2 Å². The molecule has 0 fully saturated rings. The van der Waals surface area contributed by atoms with Gasteiger partial charge in [-0.15, -0.1) is 16.8 Å². The van der Waals surface area contributed by atoms with Crippen molar-refractivity contribution in [1.82, 2.24) is 19.7 Å². The summed E-state index contributed by atoms with van der Waals surface area (Å²) in [6.45, 7) is 5.08. The first-order valence-electron chi connectivity index (χ1n) is 8.52. The summed E-state index contributed by atoms with van der Waals surface area (Å²) < 4.78 is 7.76. The first-order valence-corrected chi connectivity index (χ1v) is 9.50. The first kappa shape index (κ1) is 18.7. The zero-order chi connectivity index (χ0) is 18.9. The predicted octanol–water partition coefficient (Wildman–Crippen LogP) is 3.96. The van der Waals surface area contributed by atoms with Crippen LogP contribution in [0.3, 0.4) is 0 Å². The minimum Gasteiger partial charge on any atom is -0.494 e. The molecule has 0 N–H and O–H groups in total. The molecule has 0 saturated carbocycles. The number of nitriles is 1. The number of ether oxygens (including phenoxy) is 1. The minimum absolute atomic E-state index is 0.603. The molecule has 0 aliphatic rings. The van der Waals surface area contributed by atoms with Gasteiger partial charge in [-0.3, -0.25) is 9.55 Å². The van der Waals surface area contributed by atoms with Crippen molar-refractivity contribution in [1.29, 1.82) is 5.26 Å². The summed E-state index contributed by atoms with van der Waals surface area (Å²) in [6.07, 6.45) is 6.20. The third kappa shape index (κ3) is 4.96. The third-order valence-electron chi connectivity index (χ3n) is 3.74. The molecule has 0 amide bonds. The van der Waals surface area contributed by atoms with Gasteiger partial charge >= 0.3 is 0 Å². The quantitative estimate of drug-likeness (QED) is 0.319. The Morgan fingerprint density at radius 3 is 2.63 bits per heavy atom. The van der Waals surface area contributed by atoms with E-state index in [9.17, 15) is 0 Å². The molecule has 0 saturated heterocycles. The maximum absolute atomic E-state index is 8.80. The molecule has 0 bridgehead atoms. The van der Waals surface area contributed by atoms with Crippen LogP contribution in [-0.2, 0) is 6.54 Å². The van der Waals surface area contributed by atoms with Crippen LogP contribution in [0.15, 0.2) is 66.6 Å². The summed E-state index contributed by atoms with van der Waals surface area (Å²) in [5.74, 6) is 2.45. The van der Waals surface area contributed by atoms with Crippen LogP contribution in [-0.4, -0.2) is 32.1 Å². The minimum atomic E-state index is 0.603. The molecular formula is C20H19N5OS. The maximum atomic E-state index is 8.80. The fraction of sp³-hybridized carbons (Fsp3) is 0.200. The standard InChI is InChI=1S/C20H19N5OS/c1-2-12-25-19(17-8-10-22-11-9-17)23-24-20(25)27-14-3-13-26-18-6-4-16(15-21)5-7-18/h2,4-11H,1,3,12-14H2. The molecule has 7 heteroatoms. The normalized spacial score (nSPS) is 10.3. The van der Waals surface area contributed by atoms with Crippen LogP contribution in [0.4, 0.5) is 0 Å². The summed E-state index contributed by atoms with van der Waals surface area (Å²) in [4.78, 5) is 4.05. The second-order valence-corrected chi connectivity index (χ2v) is 6.69. The number of hydrogen-bond acceptors (Lipinski definition) is 6. The number of rotatable bonds is 9. The lowest BCUT2D eigenvalue weighted by Crippen LogP contribution is -2.02. The van der Waals surface area contributed by atoms with Gasteiger partial charge in [0.1, 0.15) is 5.75 Å². The Labute approximate surface area is 162 Å². The van der Waals surface area contributed by atoms with Crippen molar-refractivity contribution in [2.45, 2.75) is 18.1 Å². The van der Waals surface area contributed by atoms with E-state index in [1.165, 1.54) is 0 Å². The highest BCUT2D eigenvalue weighted by Crippen LogP contribution is 2.24. The average molecular weight is 377 g/mol. The smallest absolute Gasteiger partial charge is 0.191 e. The van der Waals surface area contributed by atoms with E-state index in [4.69, 9.17) is 10.00 Å². The Kier molecular flexibility index (Phi) is 6.61. The Balaban J connectivity index is 1.54. The van der Waals surface area contributed by atoms with E-state index in [-0.39, 0.29) is 0 Å². The van der Waals surface area contributed by atoms with Crippen LogP contribution >= 0.6 is 11.8 Å². The topological polar surface area (TPSA) is 76.6 Å². The van der Waals surface area contributed by atoms with Gasteiger partial charge in [0.25, 0.3) is 0 Å². The lowest BCUT2D eigenvalue weighted by molar-refractivity contribution is 0.318. The van der Waals surface area contributed by atoms with Crippen molar-refractivity contribution < 1.29 is 4.74 Å². The number of aromatic nitrogens is 4. The molecule has 0 radical (unpaired) electrons. The second kappa shape index (κ2) is 9.55. The fourth-order valence-corrected chi connectivity index (χ4v) is 3.30. The Morgan fingerprint density at radius 2 is 1.93 bits per heavy atom. The predicted molar refractivity (Wildman–Crippen MR) is 105 cm³/mol. The molecule has 0 unspecified atom stereocenters. The van der Waals surface area contributed by atoms with E-state index in [1.54, 1.807) is 36.3 Å². The van der Waals surface area contributed by atoms with E-state index in [0.29, 0.717) is 18.7 Å². The maximum Gasteiger partial charge on any atom is 0.191 e. The van der Waals surface area contributed by atoms with Crippen molar-refractivity contribution in [2.24, 2.45) is 0 Å². The number of pyridine rings is 1. The summed E-state index contributed by atoms with van der Waals surface area (Å²) in [5, 5.41) is 18.3. The summed E-state index contributed by atoms with van der Waals surface area (Å²) in [6, 6.07) is 13.1. The van der Waals surface area contributed by atoms with Crippen molar-refractivity contribution >= 4 is 11.8 Å². The molecule has 3 rings (SSSR count). The van der Waals surface area contributed by atoms with Gasteiger partial charge in [0, 0.05) is 30.3 Å². The third-order valence-corrected chi connectivity index (χ3v) is 4.79. The molecule has 27 heavy (non-hydrogen) atoms. The van der Waals surface area contributed by atoms with Crippen molar-refractivity contribution in [3.63, 3.8) is 0 Å². The molecule has 0 spiro atoms. The fourth-order valence-electron chi connectivity index (χ4n) is 2.44. The molecule has 2 aromatic heterocycles. The van der Waals surface area contributed by atoms with E-state index in [1.807, 2.05) is 30.3 Å². The first-order chi connectivity index (χ1) is 13.3. The molecule has 0 aliphatic heterocycles. The van der Waals surface area contributed by atoms with Crippen LogP contribution in [0.5, 0.6) is 5.75 Å². The highest BCUT2D eigenvalue weighted by Gasteiger charge is 2.13.